The van der Waals surface area contributed by atoms with Crippen molar-refractivity contribution in [1.82, 2.24) is 9.55 Å². The minimum Gasteiger partial charge on any atom is -0.462 e. The number of para-hydroxylation sites is 1. The van der Waals surface area contributed by atoms with Crippen LogP contribution in [0.25, 0.3) is 16.5 Å². The Morgan fingerprint density at radius 2 is 1.86 bits per heavy atom. The molecule has 0 bridgehead atoms. The lowest BCUT2D eigenvalue weighted by molar-refractivity contribution is -0.137. The minimum atomic E-state index is -0.540. The van der Waals surface area contributed by atoms with Crippen molar-refractivity contribution < 1.29 is 13.9 Å². The number of esters is 1. The van der Waals surface area contributed by atoms with Gasteiger partial charge in [-0.15, -0.1) is 0 Å². The van der Waals surface area contributed by atoms with E-state index < -0.39 is 11.7 Å². The first-order chi connectivity index (χ1) is 13.5. The van der Waals surface area contributed by atoms with Crippen LogP contribution in [0.5, 0.6) is 0 Å². The van der Waals surface area contributed by atoms with Gasteiger partial charge in [0, 0.05) is 12.6 Å². The van der Waals surface area contributed by atoms with E-state index in [9.17, 15) is 18.8 Å². The highest BCUT2D eigenvalue weighted by atomic mass is 19.1. The Morgan fingerprint density at radius 1 is 1.14 bits per heavy atom. The number of H-pyrrole nitrogens is 1. The molecule has 1 heterocycles. The predicted octanol–water partition coefficient (Wildman–Crippen LogP) is 2.87. The molecule has 0 fully saturated rings. The average Bonchev–Trinajstić information content (AvgIpc) is 2.67. The van der Waals surface area contributed by atoms with E-state index in [1.807, 2.05) is 0 Å². The quantitative estimate of drug-likeness (QED) is 0.404. The fourth-order valence-electron chi connectivity index (χ4n) is 2.81. The number of allylic oxidation sites excluding steroid dienone is 1. The maximum absolute atomic E-state index is 12.9. The molecule has 3 rings (SSSR count). The molecule has 0 amide bonds. The van der Waals surface area contributed by atoms with Gasteiger partial charge in [-0.1, -0.05) is 24.3 Å². The molecule has 7 heteroatoms. The van der Waals surface area contributed by atoms with E-state index in [1.54, 1.807) is 43.3 Å². The molecule has 0 spiro atoms. The van der Waals surface area contributed by atoms with E-state index in [0.717, 1.165) is 4.57 Å². The summed E-state index contributed by atoms with van der Waals surface area (Å²) in [5.74, 6) is -0.889. The number of halogens is 1. The number of hydrogen-bond donors (Lipinski definition) is 1. The van der Waals surface area contributed by atoms with Gasteiger partial charge in [0.15, 0.2) is 0 Å². The third-order valence-corrected chi connectivity index (χ3v) is 4.29. The van der Waals surface area contributed by atoms with Gasteiger partial charge >= 0.3 is 11.7 Å². The maximum atomic E-state index is 12.9. The first kappa shape index (κ1) is 19.3. The SMILES string of the molecule is C/C(=C/C(=O)OCCCn1c(=O)[nH]c2ccccc2c1=O)c1ccc(F)cc1. The largest absolute Gasteiger partial charge is 0.462 e. The molecule has 1 aromatic heterocycles. The smallest absolute Gasteiger partial charge is 0.331 e. The van der Waals surface area contributed by atoms with E-state index in [2.05, 4.69) is 4.98 Å². The minimum absolute atomic E-state index is 0.0603. The lowest BCUT2D eigenvalue weighted by Crippen LogP contribution is -2.35. The van der Waals surface area contributed by atoms with E-state index in [4.69, 9.17) is 4.74 Å². The summed E-state index contributed by atoms with van der Waals surface area (Å²) in [5.41, 5.74) is 0.973. The van der Waals surface area contributed by atoms with E-state index >= 15 is 0 Å². The van der Waals surface area contributed by atoms with Gasteiger partial charge < -0.3 is 9.72 Å². The molecule has 2 aromatic carbocycles. The van der Waals surface area contributed by atoms with Gasteiger partial charge in [0.2, 0.25) is 0 Å². The average molecular weight is 382 g/mol. The standard InChI is InChI=1S/C21H19FN2O4/c1-14(15-7-9-16(22)10-8-15)13-19(25)28-12-4-11-24-20(26)17-5-2-3-6-18(17)23-21(24)27/h2-3,5-10,13H,4,11-12H2,1H3,(H,23,27)/b14-13-. The number of carbonyl (C=O) groups excluding carboxylic acids is 1. The Hall–Kier alpha value is -3.48. The number of ether oxygens (including phenoxy) is 1. The number of carbonyl (C=O) groups is 1. The van der Waals surface area contributed by atoms with Crippen molar-refractivity contribution in [3.05, 3.63) is 86.8 Å². The molecule has 6 nitrogen and oxygen atoms in total. The topological polar surface area (TPSA) is 81.2 Å². The molecule has 144 valence electrons. The van der Waals surface area contributed by atoms with Gasteiger partial charge in [0.25, 0.3) is 5.56 Å². The molecule has 0 radical (unpaired) electrons. The molecule has 0 saturated heterocycles. The normalized spacial score (nSPS) is 11.6. The second-order valence-corrected chi connectivity index (χ2v) is 6.29. The Bertz CT molecular complexity index is 1140. The predicted molar refractivity (Wildman–Crippen MR) is 104 cm³/mol. The number of aromatic amines is 1. The van der Waals surface area contributed by atoms with E-state index in [-0.39, 0.29) is 24.5 Å². The molecular weight excluding hydrogens is 363 g/mol. The highest BCUT2D eigenvalue weighted by Gasteiger charge is 2.07. The Kier molecular flexibility index (Phi) is 5.84. The van der Waals surface area contributed by atoms with Crippen LogP contribution < -0.4 is 11.2 Å². The van der Waals surface area contributed by atoms with Crippen molar-refractivity contribution in [1.29, 1.82) is 0 Å². The zero-order chi connectivity index (χ0) is 20.1. The van der Waals surface area contributed by atoms with Crippen LogP contribution in [0.1, 0.15) is 18.9 Å². The molecule has 0 unspecified atom stereocenters. The van der Waals surface area contributed by atoms with Gasteiger partial charge in [-0.05, 0) is 48.7 Å². The summed E-state index contributed by atoms with van der Waals surface area (Å²) in [4.78, 5) is 39.0. The maximum Gasteiger partial charge on any atom is 0.331 e. The molecule has 1 N–H and O–H groups in total. The van der Waals surface area contributed by atoms with Gasteiger partial charge in [-0.2, -0.15) is 0 Å². The van der Waals surface area contributed by atoms with Gasteiger partial charge in [-0.25, -0.2) is 14.0 Å². The first-order valence-electron chi connectivity index (χ1n) is 8.78. The Labute approximate surface area is 159 Å². The van der Waals surface area contributed by atoms with Crippen molar-refractivity contribution in [2.45, 2.75) is 19.9 Å². The van der Waals surface area contributed by atoms with Gasteiger partial charge in [0.05, 0.1) is 17.5 Å². The number of hydrogen-bond acceptors (Lipinski definition) is 4. The Balaban J connectivity index is 1.59. The number of rotatable bonds is 6. The number of nitrogens with one attached hydrogen (secondary N) is 1. The highest BCUT2D eigenvalue weighted by molar-refractivity contribution is 5.90. The number of benzene rings is 2. The van der Waals surface area contributed by atoms with Crippen LogP contribution in [0.2, 0.25) is 0 Å². The fourth-order valence-corrected chi connectivity index (χ4v) is 2.81. The summed E-state index contributed by atoms with van der Waals surface area (Å²) in [5, 5.41) is 0.428. The molecule has 0 saturated carbocycles. The van der Waals surface area contributed by atoms with E-state index in [0.29, 0.717) is 28.5 Å². The van der Waals surface area contributed by atoms with Crippen molar-refractivity contribution in [2.24, 2.45) is 0 Å². The number of fused-ring (bicyclic) bond motifs is 1. The van der Waals surface area contributed by atoms with Crippen LogP contribution in [0.3, 0.4) is 0 Å². The molecule has 0 aliphatic rings. The van der Waals surface area contributed by atoms with E-state index in [1.165, 1.54) is 18.2 Å². The van der Waals surface area contributed by atoms with Crippen LogP contribution >= 0.6 is 0 Å². The van der Waals surface area contributed by atoms with Crippen molar-refractivity contribution in [3.8, 4) is 0 Å². The summed E-state index contributed by atoms with van der Waals surface area (Å²) >= 11 is 0. The third-order valence-electron chi connectivity index (χ3n) is 4.29. The molecule has 3 aromatic rings. The monoisotopic (exact) mass is 382 g/mol. The molecule has 0 aliphatic heterocycles. The van der Waals surface area contributed by atoms with Crippen molar-refractivity contribution in [3.63, 3.8) is 0 Å². The summed E-state index contributed by atoms with van der Waals surface area (Å²) in [6.07, 6.45) is 1.64. The first-order valence-corrected chi connectivity index (χ1v) is 8.78. The van der Waals surface area contributed by atoms with Crippen LogP contribution in [-0.4, -0.2) is 22.1 Å². The fraction of sp³-hybridized carbons (Fsp3) is 0.190. The highest BCUT2D eigenvalue weighted by Crippen LogP contribution is 2.14. The van der Waals surface area contributed by atoms with Crippen molar-refractivity contribution in [2.75, 3.05) is 6.61 Å². The number of nitrogens with zero attached hydrogens (tertiary/aromatic N) is 1. The zero-order valence-corrected chi connectivity index (χ0v) is 15.3. The van der Waals surface area contributed by atoms with Crippen LogP contribution in [-0.2, 0) is 16.1 Å². The zero-order valence-electron chi connectivity index (χ0n) is 15.3. The summed E-state index contributed by atoms with van der Waals surface area (Å²) < 4.78 is 19.2. The van der Waals surface area contributed by atoms with Gasteiger partial charge in [-0.3, -0.25) is 9.36 Å². The van der Waals surface area contributed by atoms with Crippen LogP contribution in [0.15, 0.2) is 64.2 Å². The summed E-state index contributed by atoms with van der Waals surface area (Å²) in [7, 11) is 0. The molecule has 0 atom stereocenters. The van der Waals surface area contributed by atoms with Crippen molar-refractivity contribution >= 4 is 22.4 Å². The summed E-state index contributed by atoms with van der Waals surface area (Å²) in [6, 6.07) is 12.6. The molecule has 0 aliphatic carbocycles. The lowest BCUT2D eigenvalue weighted by Gasteiger charge is -2.07. The Morgan fingerprint density at radius 3 is 2.61 bits per heavy atom. The van der Waals surface area contributed by atoms with Crippen LogP contribution in [0, 0.1) is 5.82 Å². The number of aromatic nitrogens is 2. The summed E-state index contributed by atoms with van der Waals surface area (Å²) in [6.45, 7) is 1.92. The second-order valence-electron chi connectivity index (χ2n) is 6.29. The third kappa shape index (κ3) is 4.43. The molecule has 28 heavy (non-hydrogen) atoms. The second kappa shape index (κ2) is 8.47. The lowest BCUT2D eigenvalue weighted by atomic mass is 10.1. The van der Waals surface area contributed by atoms with Crippen LogP contribution in [0.4, 0.5) is 4.39 Å². The molecular formula is C21H19FN2O4. The van der Waals surface area contributed by atoms with Gasteiger partial charge in [0.1, 0.15) is 5.82 Å².